The third kappa shape index (κ3) is 6.26. The lowest BCUT2D eigenvalue weighted by molar-refractivity contribution is -0.381. The lowest BCUT2D eigenvalue weighted by Crippen LogP contribution is -2.61. The van der Waals surface area contributed by atoms with Crippen LogP contribution in [0.3, 0.4) is 0 Å². The van der Waals surface area contributed by atoms with E-state index in [1.54, 1.807) is 0 Å². The minimum Gasteiger partial charge on any atom is -0.550 e. The topological polar surface area (TPSA) is 66.4 Å². The Labute approximate surface area is 128 Å². The SMILES string of the molecule is CCCCCCCC(=O)OC(CC(=O)[O-])(C(F)(F)F)C(F)(F)F. The summed E-state index contributed by atoms with van der Waals surface area (Å²) in [5, 5.41) is 10.3. The highest BCUT2D eigenvalue weighted by Crippen LogP contribution is 2.48. The molecule has 0 aromatic rings. The molecule has 0 rings (SSSR count). The number of rotatable bonds is 9. The average molecular weight is 351 g/mol. The van der Waals surface area contributed by atoms with Gasteiger partial charge in [-0.15, -0.1) is 0 Å². The number of unbranched alkanes of at least 4 members (excludes halogenated alkanes) is 4. The molecule has 0 heterocycles. The Balaban J connectivity index is 5.09. The van der Waals surface area contributed by atoms with Crippen molar-refractivity contribution in [2.24, 2.45) is 0 Å². The first-order chi connectivity index (χ1) is 10.4. The molecule has 0 aliphatic carbocycles. The fourth-order valence-electron chi connectivity index (χ4n) is 1.83. The third-order valence-corrected chi connectivity index (χ3v) is 3.08. The Kier molecular flexibility index (Phi) is 7.85. The van der Waals surface area contributed by atoms with Gasteiger partial charge in [0.05, 0.1) is 0 Å². The van der Waals surface area contributed by atoms with Crippen molar-refractivity contribution >= 4 is 11.9 Å². The quantitative estimate of drug-likeness (QED) is 0.364. The standard InChI is InChI=1S/C13H18F6O4/c1-2-3-4-5-6-7-10(22)23-11(8-9(20)21,12(14,15)16)13(17,18)19/h2-8H2,1H3,(H,20,21)/p-1. The summed E-state index contributed by atoms with van der Waals surface area (Å²) in [5.41, 5.74) is -5.10. The Morgan fingerprint density at radius 3 is 1.78 bits per heavy atom. The fourth-order valence-corrected chi connectivity index (χ4v) is 1.83. The molecule has 0 saturated carbocycles. The van der Waals surface area contributed by atoms with Gasteiger partial charge in [-0.3, -0.25) is 4.79 Å². The minimum atomic E-state index is -6.14. The number of carbonyl (C=O) groups excluding carboxylic acids is 2. The van der Waals surface area contributed by atoms with E-state index in [1.165, 1.54) is 0 Å². The Morgan fingerprint density at radius 2 is 1.39 bits per heavy atom. The zero-order chi connectivity index (χ0) is 18.3. The smallest absolute Gasteiger partial charge is 0.437 e. The van der Waals surface area contributed by atoms with Crippen molar-refractivity contribution in [3.8, 4) is 0 Å². The summed E-state index contributed by atoms with van der Waals surface area (Å²) in [6.45, 7) is 1.90. The van der Waals surface area contributed by atoms with Gasteiger partial charge in [0.15, 0.2) is 0 Å². The number of ether oxygens (including phenoxy) is 1. The van der Waals surface area contributed by atoms with Crippen molar-refractivity contribution in [2.45, 2.75) is 69.8 Å². The van der Waals surface area contributed by atoms with E-state index in [9.17, 15) is 41.0 Å². The van der Waals surface area contributed by atoms with Gasteiger partial charge in [0.25, 0.3) is 0 Å². The number of alkyl halides is 6. The first-order valence-corrected chi connectivity index (χ1v) is 6.92. The number of carbonyl (C=O) groups is 2. The summed E-state index contributed by atoms with van der Waals surface area (Å²) in [4.78, 5) is 21.7. The first kappa shape index (κ1) is 21.5. The molecule has 10 heteroatoms. The second kappa shape index (κ2) is 8.39. The number of hydrogen-bond donors (Lipinski definition) is 0. The molecule has 4 nitrogen and oxygen atoms in total. The van der Waals surface area contributed by atoms with Gasteiger partial charge >= 0.3 is 23.9 Å². The lowest BCUT2D eigenvalue weighted by atomic mass is 9.97. The molecule has 0 bridgehead atoms. The largest absolute Gasteiger partial charge is 0.550 e. The van der Waals surface area contributed by atoms with Crippen molar-refractivity contribution in [2.75, 3.05) is 0 Å². The number of carboxylic acid groups (broad SMARTS) is 1. The summed E-state index contributed by atoms with van der Waals surface area (Å²) >= 11 is 0. The van der Waals surface area contributed by atoms with Crippen molar-refractivity contribution in [1.29, 1.82) is 0 Å². The molecule has 0 atom stereocenters. The van der Waals surface area contributed by atoms with Crippen LogP contribution in [0.1, 0.15) is 51.9 Å². The van der Waals surface area contributed by atoms with Gasteiger partial charge in [0.2, 0.25) is 0 Å². The highest BCUT2D eigenvalue weighted by Gasteiger charge is 2.74. The van der Waals surface area contributed by atoms with Crippen molar-refractivity contribution in [1.82, 2.24) is 0 Å². The van der Waals surface area contributed by atoms with E-state index in [4.69, 9.17) is 0 Å². The summed E-state index contributed by atoms with van der Waals surface area (Å²) < 4.78 is 80.3. The molecule has 0 aliphatic heterocycles. The molecule has 0 unspecified atom stereocenters. The van der Waals surface area contributed by atoms with Crippen LogP contribution in [0.25, 0.3) is 0 Å². The molecule has 0 radical (unpaired) electrons. The molecular formula is C13H17F6O4-. The number of aliphatic carboxylic acids is 1. The maximum Gasteiger partial charge on any atom is 0.437 e. The second-order valence-electron chi connectivity index (χ2n) is 5.01. The van der Waals surface area contributed by atoms with Crippen LogP contribution in [0.15, 0.2) is 0 Å². The average Bonchev–Trinajstić information content (AvgIpc) is 2.34. The van der Waals surface area contributed by atoms with E-state index in [1.807, 2.05) is 6.92 Å². The molecule has 0 N–H and O–H groups in total. The zero-order valence-electron chi connectivity index (χ0n) is 12.4. The summed E-state index contributed by atoms with van der Waals surface area (Å²) in [6, 6.07) is 0. The van der Waals surface area contributed by atoms with E-state index in [0.717, 1.165) is 12.8 Å². The predicted molar refractivity (Wildman–Crippen MR) is 63.9 cm³/mol. The number of esters is 1. The van der Waals surface area contributed by atoms with Gasteiger partial charge in [0.1, 0.15) is 0 Å². The maximum atomic E-state index is 12.8. The maximum absolute atomic E-state index is 12.8. The molecule has 0 saturated heterocycles. The molecule has 0 aliphatic rings. The van der Waals surface area contributed by atoms with Crippen LogP contribution in [-0.2, 0) is 14.3 Å². The normalized spacial score (nSPS) is 13.0. The predicted octanol–water partition coefficient (Wildman–Crippen LogP) is 2.89. The van der Waals surface area contributed by atoms with Gasteiger partial charge < -0.3 is 14.6 Å². The van der Waals surface area contributed by atoms with Crippen LogP contribution in [0.5, 0.6) is 0 Å². The highest BCUT2D eigenvalue weighted by molar-refractivity contribution is 5.72. The van der Waals surface area contributed by atoms with E-state index >= 15 is 0 Å². The lowest BCUT2D eigenvalue weighted by Gasteiger charge is -2.36. The van der Waals surface area contributed by atoms with E-state index in [0.29, 0.717) is 12.8 Å². The van der Waals surface area contributed by atoms with Crippen LogP contribution in [-0.4, -0.2) is 29.9 Å². The number of carboxylic acids is 1. The van der Waals surface area contributed by atoms with Crippen molar-refractivity contribution < 1.29 is 45.8 Å². The Bertz CT molecular complexity index is 388. The second-order valence-corrected chi connectivity index (χ2v) is 5.01. The van der Waals surface area contributed by atoms with Crippen LogP contribution < -0.4 is 5.11 Å². The monoisotopic (exact) mass is 351 g/mol. The van der Waals surface area contributed by atoms with Gasteiger partial charge in [0, 0.05) is 18.8 Å². The van der Waals surface area contributed by atoms with Crippen LogP contribution >= 0.6 is 0 Å². The molecule has 0 aromatic heterocycles. The summed E-state index contributed by atoms with van der Waals surface area (Å²) in [5.74, 6) is -4.38. The molecule has 0 fully saturated rings. The minimum absolute atomic E-state index is 0.0515. The number of hydrogen-bond acceptors (Lipinski definition) is 4. The molecule has 0 spiro atoms. The first-order valence-electron chi connectivity index (χ1n) is 6.92. The van der Waals surface area contributed by atoms with E-state index in [-0.39, 0.29) is 6.42 Å². The molecule has 23 heavy (non-hydrogen) atoms. The van der Waals surface area contributed by atoms with E-state index in [2.05, 4.69) is 4.74 Å². The number of halogens is 6. The van der Waals surface area contributed by atoms with Crippen LogP contribution in [0.2, 0.25) is 0 Å². The molecule has 0 aromatic carbocycles. The summed E-state index contributed by atoms with van der Waals surface area (Å²) in [6.07, 6.45) is -12.6. The van der Waals surface area contributed by atoms with Crippen LogP contribution in [0.4, 0.5) is 26.3 Å². The highest BCUT2D eigenvalue weighted by atomic mass is 19.4. The summed E-state index contributed by atoms with van der Waals surface area (Å²) in [7, 11) is 0. The van der Waals surface area contributed by atoms with E-state index < -0.39 is 42.7 Å². The Morgan fingerprint density at radius 1 is 0.913 bits per heavy atom. The van der Waals surface area contributed by atoms with Gasteiger partial charge in [-0.05, 0) is 6.42 Å². The van der Waals surface area contributed by atoms with Gasteiger partial charge in [-0.2, -0.15) is 26.3 Å². The molecule has 136 valence electrons. The fraction of sp³-hybridized carbons (Fsp3) is 0.846. The van der Waals surface area contributed by atoms with Crippen molar-refractivity contribution in [3.05, 3.63) is 0 Å². The van der Waals surface area contributed by atoms with Gasteiger partial charge in [-0.1, -0.05) is 32.6 Å². The van der Waals surface area contributed by atoms with Gasteiger partial charge in [-0.25, -0.2) is 0 Å². The Hall–Kier alpha value is -1.48. The van der Waals surface area contributed by atoms with Crippen LogP contribution in [0, 0.1) is 0 Å². The molecule has 0 amide bonds. The molecular weight excluding hydrogens is 334 g/mol. The van der Waals surface area contributed by atoms with Crippen molar-refractivity contribution in [3.63, 3.8) is 0 Å². The third-order valence-electron chi connectivity index (χ3n) is 3.08. The zero-order valence-corrected chi connectivity index (χ0v) is 12.4.